The molecule has 0 aliphatic rings. The molecular weight excluding hydrogens is 280 g/mol. The lowest BCUT2D eigenvalue weighted by molar-refractivity contribution is 0.439. The van der Waals surface area contributed by atoms with Crippen molar-refractivity contribution in [2.75, 3.05) is 5.73 Å². The van der Waals surface area contributed by atoms with Gasteiger partial charge in [0.05, 0.1) is 10.6 Å². The van der Waals surface area contributed by atoms with Gasteiger partial charge in [-0.25, -0.2) is 0 Å². The van der Waals surface area contributed by atoms with Crippen molar-refractivity contribution in [2.24, 2.45) is 0 Å². The van der Waals surface area contributed by atoms with Crippen molar-refractivity contribution in [1.82, 2.24) is 5.16 Å². The van der Waals surface area contributed by atoms with Crippen LogP contribution >= 0.6 is 22.9 Å². The molecule has 0 saturated carbocycles. The molecule has 0 aliphatic carbocycles. The molecule has 3 rings (SSSR count). The number of hydrogen-bond acceptors (Lipinski definition) is 4. The van der Waals surface area contributed by atoms with E-state index < -0.39 is 0 Å². The van der Waals surface area contributed by atoms with Crippen molar-refractivity contribution >= 4 is 28.8 Å². The Morgan fingerprint density at radius 2 is 2.16 bits per heavy atom. The molecule has 96 valence electrons. The average Bonchev–Trinajstić information content (AvgIpc) is 2.98. The Bertz CT molecular complexity index is 719. The molecule has 2 heterocycles. The molecule has 0 fully saturated rings. The van der Waals surface area contributed by atoms with Gasteiger partial charge in [-0.05, 0) is 30.0 Å². The molecule has 2 N–H and O–H groups in total. The van der Waals surface area contributed by atoms with Crippen molar-refractivity contribution < 1.29 is 4.52 Å². The van der Waals surface area contributed by atoms with Crippen LogP contribution in [0.1, 0.15) is 5.56 Å². The monoisotopic (exact) mass is 290 g/mol. The summed E-state index contributed by atoms with van der Waals surface area (Å²) in [5, 5.41) is 6.69. The third kappa shape index (κ3) is 2.13. The van der Waals surface area contributed by atoms with Crippen LogP contribution in [0, 0.1) is 6.92 Å². The average molecular weight is 291 g/mol. The van der Waals surface area contributed by atoms with Crippen molar-refractivity contribution in [1.29, 1.82) is 0 Å². The minimum absolute atomic E-state index is 0.314. The summed E-state index contributed by atoms with van der Waals surface area (Å²) in [7, 11) is 0. The summed E-state index contributed by atoms with van der Waals surface area (Å²) in [6.07, 6.45) is 0. The van der Waals surface area contributed by atoms with Gasteiger partial charge in [-0.2, -0.15) is 0 Å². The molecule has 0 unspecified atom stereocenters. The normalized spacial score (nSPS) is 10.8. The fourth-order valence-electron chi connectivity index (χ4n) is 1.96. The highest BCUT2D eigenvalue weighted by molar-refractivity contribution is 7.13. The van der Waals surface area contributed by atoms with Crippen molar-refractivity contribution in [3.8, 4) is 21.7 Å². The summed E-state index contributed by atoms with van der Waals surface area (Å²) >= 11 is 7.88. The SMILES string of the molecule is Cc1ccc(-c2noc(N)c2-c2cccs2)c(Cl)c1. The van der Waals surface area contributed by atoms with Crippen LogP contribution < -0.4 is 5.73 Å². The molecule has 3 aromatic rings. The van der Waals surface area contributed by atoms with E-state index in [9.17, 15) is 0 Å². The number of hydrogen-bond donors (Lipinski definition) is 1. The first-order valence-electron chi connectivity index (χ1n) is 5.72. The van der Waals surface area contributed by atoms with E-state index >= 15 is 0 Å². The second-order valence-electron chi connectivity index (χ2n) is 4.23. The molecule has 0 atom stereocenters. The van der Waals surface area contributed by atoms with Gasteiger partial charge in [0.25, 0.3) is 0 Å². The highest BCUT2D eigenvalue weighted by Crippen LogP contribution is 2.40. The van der Waals surface area contributed by atoms with Crippen LogP contribution in [-0.2, 0) is 0 Å². The second-order valence-corrected chi connectivity index (χ2v) is 5.59. The van der Waals surface area contributed by atoms with Gasteiger partial charge < -0.3 is 10.3 Å². The first-order chi connectivity index (χ1) is 9.16. The number of thiophene rings is 1. The Labute approximate surface area is 119 Å². The zero-order valence-electron chi connectivity index (χ0n) is 10.2. The quantitative estimate of drug-likeness (QED) is 0.749. The third-order valence-electron chi connectivity index (χ3n) is 2.87. The van der Waals surface area contributed by atoms with E-state index in [2.05, 4.69) is 5.16 Å². The first-order valence-corrected chi connectivity index (χ1v) is 6.98. The zero-order valence-corrected chi connectivity index (χ0v) is 11.8. The minimum atomic E-state index is 0.314. The van der Waals surface area contributed by atoms with E-state index in [4.69, 9.17) is 21.9 Å². The lowest BCUT2D eigenvalue weighted by Crippen LogP contribution is -1.87. The molecule has 0 amide bonds. The molecular formula is C14H11ClN2OS. The van der Waals surface area contributed by atoms with Gasteiger partial charge in [-0.3, -0.25) is 0 Å². The summed E-state index contributed by atoms with van der Waals surface area (Å²) in [5.74, 6) is 0.314. The van der Waals surface area contributed by atoms with Crippen LogP contribution in [0.15, 0.2) is 40.2 Å². The minimum Gasteiger partial charge on any atom is -0.367 e. The number of halogens is 1. The van der Waals surface area contributed by atoms with Gasteiger partial charge in [0.2, 0.25) is 5.88 Å². The van der Waals surface area contributed by atoms with Crippen LogP contribution in [0.5, 0.6) is 0 Å². The fourth-order valence-corrected chi connectivity index (χ4v) is 3.06. The maximum absolute atomic E-state index is 6.29. The number of nitrogens with zero attached hydrogens (tertiary/aromatic N) is 1. The fraction of sp³-hybridized carbons (Fsp3) is 0.0714. The number of nitrogen functional groups attached to an aromatic ring is 1. The molecule has 1 aromatic carbocycles. The van der Waals surface area contributed by atoms with Crippen molar-refractivity contribution in [3.05, 3.63) is 46.3 Å². The molecule has 3 nitrogen and oxygen atoms in total. The molecule has 0 aliphatic heterocycles. The summed E-state index contributed by atoms with van der Waals surface area (Å²) < 4.78 is 5.13. The number of aromatic nitrogens is 1. The van der Waals surface area contributed by atoms with E-state index in [1.165, 1.54) is 0 Å². The van der Waals surface area contributed by atoms with E-state index in [0.717, 1.165) is 21.6 Å². The van der Waals surface area contributed by atoms with Crippen LogP contribution in [-0.4, -0.2) is 5.16 Å². The van der Waals surface area contributed by atoms with E-state index in [1.54, 1.807) is 11.3 Å². The van der Waals surface area contributed by atoms with Gasteiger partial charge in [0.1, 0.15) is 5.69 Å². The number of anilines is 1. The largest absolute Gasteiger partial charge is 0.367 e. The van der Waals surface area contributed by atoms with Crippen LogP contribution in [0.3, 0.4) is 0 Å². The van der Waals surface area contributed by atoms with Gasteiger partial charge in [-0.15, -0.1) is 11.3 Å². The van der Waals surface area contributed by atoms with Gasteiger partial charge >= 0.3 is 0 Å². The Hall–Kier alpha value is -1.78. The van der Waals surface area contributed by atoms with Gasteiger partial charge in [0, 0.05) is 10.4 Å². The lowest BCUT2D eigenvalue weighted by atomic mass is 10.0. The number of aryl methyl sites for hydroxylation is 1. The number of benzene rings is 1. The predicted molar refractivity (Wildman–Crippen MR) is 79.4 cm³/mol. The molecule has 0 spiro atoms. The smallest absolute Gasteiger partial charge is 0.231 e. The van der Waals surface area contributed by atoms with Gasteiger partial charge in [0.15, 0.2) is 0 Å². The van der Waals surface area contributed by atoms with E-state index in [-0.39, 0.29) is 0 Å². The Balaban J connectivity index is 2.21. The Morgan fingerprint density at radius 1 is 1.32 bits per heavy atom. The number of rotatable bonds is 2. The highest BCUT2D eigenvalue weighted by atomic mass is 35.5. The Kier molecular flexibility index (Phi) is 3.05. The molecule has 0 saturated heterocycles. The summed E-state index contributed by atoms with van der Waals surface area (Å²) in [5.41, 5.74) is 9.31. The van der Waals surface area contributed by atoms with E-state index in [0.29, 0.717) is 16.6 Å². The molecule has 0 radical (unpaired) electrons. The summed E-state index contributed by atoms with van der Waals surface area (Å²) in [6.45, 7) is 1.99. The molecule has 5 heteroatoms. The highest BCUT2D eigenvalue weighted by Gasteiger charge is 2.19. The molecule has 2 aromatic heterocycles. The molecule has 19 heavy (non-hydrogen) atoms. The summed E-state index contributed by atoms with van der Waals surface area (Å²) in [4.78, 5) is 1.02. The standard InChI is InChI=1S/C14H11ClN2OS/c1-8-4-5-9(10(15)7-8)13-12(14(16)18-17-13)11-3-2-6-19-11/h2-7H,16H2,1H3. The van der Waals surface area contributed by atoms with E-state index in [1.807, 2.05) is 42.6 Å². The van der Waals surface area contributed by atoms with Gasteiger partial charge in [-0.1, -0.05) is 35.0 Å². The van der Waals surface area contributed by atoms with Crippen LogP contribution in [0.2, 0.25) is 5.02 Å². The molecule has 0 bridgehead atoms. The second kappa shape index (κ2) is 4.72. The van der Waals surface area contributed by atoms with Crippen molar-refractivity contribution in [2.45, 2.75) is 6.92 Å². The number of nitrogens with two attached hydrogens (primary N) is 1. The van der Waals surface area contributed by atoms with Crippen LogP contribution in [0.4, 0.5) is 5.88 Å². The van der Waals surface area contributed by atoms with Crippen molar-refractivity contribution in [3.63, 3.8) is 0 Å². The summed E-state index contributed by atoms with van der Waals surface area (Å²) in [6, 6.07) is 9.78. The maximum atomic E-state index is 6.29. The topological polar surface area (TPSA) is 52.0 Å². The maximum Gasteiger partial charge on any atom is 0.231 e. The zero-order chi connectivity index (χ0) is 13.4. The predicted octanol–water partition coefficient (Wildman–Crippen LogP) is 4.61. The Morgan fingerprint density at radius 3 is 2.84 bits per heavy atom. The lowest BCUT2D eigenvalue weighted by Gasteiger charge is -2.04. The third-order valence-corrected chi connectivity index (χ3v) is 4.07. The van der Waals surface area contributed by atoms with Crippen LogP contribution in [0.25, 0.3) is 21.7 Å². The first kappa shape index (κ1) is 12.3.